The molecule has 10 rings (SSSR count). The maximum absolute atomic E-state index is 3.69. The van der Waals surface area contributed by atoms with E-state index in [1.807, 2.05) is 0 Å². The van der Waals surface area contributed by atoms with E-state index in [4.69, 9.17) is 0 Å². The Morgan fingerprint density at radius 3 is 2.31 bits per heavy atom. The van der Waals surface area contributed by atoms with Gasteiger partial charge in [0.15, 0.2) is 0 Å². The molecule has 51 heavy (non-hydrogen) atoms. The zero-order valence-electron chi connectivity index (χ0n) is 28.8. The first-order valence-electron chi connectivity index (χ1n) is 18.3. The van der Waals surface area contributed by atoms with Crippen molar-refractivity contribution in [3.8, 4) is 22.4 Å². The smallest absolute Gasteiger partial charge is 0.0641 e. The van der Waals surface area contributed by atoms with Gasteiger partial charge >= 0.3 is 0 Å². The molecule has 2 unspecified atom stereocenters. The molecule has 3 heterocycles. The van der Waals surface area contributed by atoms with E-state index in [0.717, 1.165) is 25.1 Å². The van der Waals surface area contributed by atoms with Gasteiger partial charge in [0, 0.05) is 46.4 Å². The zero-order chi connectivity index (χ0) is 33.9. The molecule has 246 valence electrons. The van der Waals surface area contributed by atoms with Crippen LogP contribution in [0.2, 0.25) is 0 Å². The molecular formula is C48H39N3. The maximum atomic E-state index is 3.69. The minimum Gasteiger partial charge on any atom is -0.385 e. The largest absolute Gasteiger partial charge is 0.385 e. The Balaban J connectivity index is 1.21. The number of aromatic nitrogens is 1. The summed E-state index contributed by atoms with van der Waals surface area (Å²) in [6.45, 7) is 3.13. The number of hydrogen-bond donors (Lipinski definition) is 1. The molecule has 0 fully saturated rings. The molecule has 1 N–H and O–H groups in total. The second-order valence-corrected chi connectivity index (χ2v) is 14.1. The number of benzene rings is 5. The molecular weight excluding hydrogens is 619 g/mol. The molecule has 1 aromatic heterocycles. The molecule has 6 aromatic rings. The van der Waals surface area contributed by atoms with Gasteiger partial charge in [0.25, 0.3) is 0 Å². The summed E-state index contributed by atoms with van der Waals surface area (Å²) < 4.78 is 2.53. The predicted molar refractivity (Wildman–Crippen MR) is 215 cm³/mol. The van der Waals surface area contributed by atoms with Crippen LogP contribution in [-0.2, 0) is 6.42 Å². The number of fused-ring (bicyclic) bond motifs is 8. The van der Waals surface area contributed by atoms with E-state index >= 15 is 0 Å². The number of anilines is 2. The standard InChI is InChI=1S/C48H39N3/c1-32-26-27-36(29-43(32)34-14-3-2-4-15-34)51-45-24-11-8-20-41(45)47-40-19-7-10-23-44(40)50(46-25-12-9-21-42(46)48(47)51)37-28-35(30-49-31-37)39-22-13-17-33-16-5-6-18-38(33)39/h2-5,7-17,19-29,31-32,43,49H,6,18,30H2,1H3. The normalized spacial score (nSPS) is 18.8. The van der Waals surface area contributed by atoms with E-state index in [-0.39, 0.29) is 5.92 Å². The highest BCUT2D eigenvalue weighted by Crippen LogP contribution is 2.54. The van der Waals surface area contributed by atoms with Crippen molar-refractivity contribution >= 4 is 39.6 Å². The second kappa shape index (κ2) is 12.1. The van der Waals surface area contributed by atoms with Crippen LogP contribution in [0.5, 0.6) is 0 Å². The van der Waals surface area contributed by atoms with Gasteiger partial charge in [-0.3, -0.25) is 0 Å². The average molecular weight is 658 g/mol. The first-order valence-corrected chi connectivity index (χ1v) is 18.3. The van der Waals surface area contributed by atoms with Crippen LogP contribution in [-0.4, -0.2) is 11.1 Å². The molecule has 0 saturated heterocycles. The summed E-state index contributed by atoms with van der Waals surface area (Å²) in [5.41, 5.74) is 17.7. The van der Waals surface area contributed by atoms with Crippen molar-refractivity contribution in [2.45, 2.75) is 25.7 Å². The molecule has 3 heteroatoms. The van der Waals surface area contributed by atoms with Crippen molar-refractivity contribution in [3.63, 3.8) is 0 Å². The first kappa shape index (κ1) is 29.8. The summed E-state index contributed by atoms with van der Waals surface area (Å²) in [4.78, 5) is 2.48. The first-order chi connectivity index (χ1) is 25.2. The van der Waals surface area contributed by atoms with Gasteiger partial charge in [-0.05, 0) is 76.9 Å². The van der Waals surface area contributed by atoms with Gasteiger partial charge in [0.1, 0.15) is 0 Å². The number of para-hydroxylation sites is 3. The Hall–Kier alpha value is -6.06. The number of nitrogens with one attached hydrogen (secondary N) is 1. The molecule has 0 radical (unpaired) electrons. The zero-order valence-corrected chi connectivity index (χ0v) is 28.8. The monoisotopic (exact) mass is 657 g/mol. The van der Waals surface area contributed by atoms with Gasteiger partial charge in [-0.1, -0.05) is 134 Å². The van der Waals surface area contributed by atoms with Crippen LogP contribution in [0.15, 0.2) is 164 Å². The number of allylic oxidation sites excluding steroid dienone is 6. The Morgan fingerprint density at radius 2 is 1.43 bits per heavy atom. The summed E-state index contributed by atoms with van der Waals surface area (Å²) in [7, 11) is 0. The number of rotatable bonds is 4. The SMILES string of the molecule is CC1C=CC(n2c3c(c4ccccc42)-c2ccccc2N(C2=CNCC(c4cccc5c4CCC=C5)=C2)c2ccccc2-3)=CC1c1ccccc1. The lowest BCUT2D eigenvalue weighted by molar-refractivity contribution is 0.634. The molecule has 0 saturated carbocycles. The molecule has 3 nitrogen and oxygen atoms in total. The van der Waals surface area contributed by atoms with Gasteiger partial charge in [-0.15, -0.1) is 0 Å². The van der Waals surface area contributed by atoms with E-state index < -0.39 is 0 Å². The topological polar surface area (TPSA) is 20.2 Å². The summed E-state index contributed by atoms with van der Waals surface area (Å²) in [5, 5.41) is 4.95. The van der Waals surface area contributed by atoms with Crippen LogP contribution >= 0.6 is 0 Å². The molecule has 2 atom stereocenters. The minimum atomic E-state index is 0.286. The van der Waals surface area contributed by atoms with Crippen LogP contribution in [0.1, 0.15) is 41.5 Å². The van der Waals surface area contributed by atoms with Crippen LogP contribution in [0, 0.1) is 5.92 Å². The fourth-order valence-corrected chi connectivity index (χ4v) is 8.80. The lowest BCUT2D eigenvalue weighted by Gasteiger charge is -2.31. The van der Waals surface area contributed by atoms with Gasteiger partial charge in [-0.2, -0.15) is 0 Å². The lowest BCUT2D eigenvalue weighted by atomic mass is 9.83. The molecule has 0 bridgehead atoms. The summed E-state index contributed by atoms with van der Waals surface area (Å²) in [5.74, 6) is 0.687. The summed E-state index contributed by atoms with van der Waals surface area (Å²) in [6, 6.07) is 44.6. The number of dihydropyridines is 1. The highest BCUT2D eigenvalue weighted by molar-refractivity contribution is 6.13. The van der Waals surface area contributed by atoms with Crippen molar-refractivity contribution in [2.24, 2.45) is 5.92 Å². The van der Waals surface area contributed by atoms with Crippen LogP contribution < -0.4 is 10.2 Å². The van der Waals surface area contributed by atoms with Crippen molar-refractivity contribution in [1.29, 1.82) is 0 Å². The van der Waals surface area contributed by atoms with Gasteiger partial charge in [-0.25, -0.2) is 0 Å². The fraction of sp³-hybridized carbons (Fsp3) is 0.125. The molecule has 2 aliphatic heterocycles. The lowest BCUT2D eigenvalue weighted by Crippen LogP contribution is -2.24. The molecule has 4 aliphatic rings. The summed E-state index contributed by atoms with van der Waals surface area (Å²) >= 11 is 0. The number of hydrogen-bond acceptors (Lipinski definition) is 2. The van der Waals surface area contributed by atoms with E-state index in [9.17, 15) is 0 Å². The van der Waals surface area contributed by atoms with E-state index in [2.05, 4.69) is 186 Å². The highest BCUT2D eigenvalue weighted by atomic mass is 15.2. The Morgan fingerprint density at radius 1 is 0.686 bits per heavy atom. The Labute approximate surface area is 299 Å². The van der Waals surface area contributed by atoms with E-state index in [1.54, 1.807) is 0 Å². The highest BCUT2D eigenvalue weighted by Gasteiger charge is 2.33. The third-order valence-electron chi connectivity index (χ3n) is 11.2. The third-order valence-corrected chi connectivity index (χ3v) is 11.2. The van der Waals surface area contributed by atoms with Crippen LogP contribution in [0.4, 0.5) is 11.4 Å². The van der Waals surface area contributed by atoms with Crippen molar-refractivity contribution in [2.75, 3.05) is 11.4 Å². The van der Waals surface area contributed by atoms with Crippen LogP contribution in [0.25, 0.3) is 50.6 Å². The van der Waals surface area contributed by atoms with E-state index in [1.165, 1.54) is 78.2 Å². The Kier molecular flexibility index (Phi) is 7.06. The summed E-state index contributed by atoms with van der Waals surface area (Å²) in [6.07, 6.45) is 18.6. The third kappa shape index (κ3) is 4.80. The van der Waals surface area contributed by atoms with Crippen LogP contribution in [0.3, 0.4) is 0 Å². The van der Waals surface area contributed by atoms with Crippen molar-refractivity contribution < 1.29 is 0 Å². The molecule has 5 aromatic carbocycles. The quantitative estimate of drug-likeness (QED) is 0.204. The maximum Gasteiger partial charge on any atom is 0.0641 e. The number of nitrogens with zero attached hydrogens (tertiary/aromatic N) is 2. The van der Waals surface area contributed by atoms with Crippen molar-refractivity contribution in [1.82, 2.24) is 9.88 Å². The average Bonchev–Trinajstić information content (AvgIpc) is 3.47. The minimum absolute atomic E-state index is 0.286. The van der Waals surface area contributed by atoms with E-state index in [0.29, 0.717) is 5.92 Å². The van der Waals surface area contributed by atoms with Gasteiger partial charge in [0.2, 0.25) is 0 Å². The van der Waals surface area contributed by atoms with Gasteiger partial charge < -0.3 is 14.8 Å². The fourth-order valence-electron chi connectivity index (χ4n) is 8.80. The second-order valence-electron chi connectivity index (χ2n) is 14.1. The van der Waals surface area contributed by atoms with Gasteiger partial charge in [0.05, 0.1) is 28.3 Å². The predicted octanol–water partition coefficient (Wildman–Crippen LogP) is 11.7. The molecule has 0 spiro atoms. The molecule has 0 amide bonds. The van der Waals surface area contributed by atoms with Crippen molar-refractivity contribution in [3.05, 3.63) is 186 Å². The Bertz CT molecular complexity index is 2500. The molecule has 2 aliphatic carbocycles.